The maximum absolute atomic E-state index is 5.73. The van der Waals surface area contributed by atoms with Gasteiger partial charge in [-0.1, -0.05) is 18.2 Å². The normalized spacial score (nSPS) is 15.7. The molecule has 0 aromatic heterocycles. The van der Waals surface area contributed by atoms with E-state index >= 15 is 0 Å². The summed E-state index contributed by atoms with van der Waals surface area (Å²) in [7, 11) is 0. The molecular weight excluding hydrogens is 306 g/mol. The summed E-state index contributed by atoms with van der Waals surface area (Å²) < 4.78 is 6.44. The summed E-state index contributed by atoms with van der Waals surface area (Å²) in [5.74, 6) is 1.39. The smallest absolute Gasteiger partial charge is 0.215 e. The first-order valence-electron chi connectivity index (χ1n) is 5.76. The Kier molecular flexibility index (Phi) is 4.52. The third kappa shape index (κ3) is 4.06. The first-order chi connectivity index (χ1) is 9.17. The van der Waals surface area contributed by atoms with Gasteiger partial charge in [0, 0.05) is 12.4 Å². The highest BCUT2D eigenvalue weighted by molar-refractivity contribution is 9.11. The van der Waals surface area contributed by atoms with Gasteiger partial charge in [0.15, 0.2) is 0 Å². The molecule has 0 fully saturated rings. The molecule has 0 saturated heterocycles. The number of aliphatic imine (C=N–C) groups is 2. The van der Waals surface area contributed by atoms with Crippen LogP contribution < -0.4 is 4.74 Å². The fourth-order valence-electron chi connectivity index (χ4n) is 1.57. The molecule has 1 aromatic carbocycles. The van der Waals surface area contributed by atoms with Gasteiger partial charge >= 0.3 is 0 Å². The van der Waals surface area contributed by atoms with Gasteiger partial charge in [-0.25, -0.2) is 4.99 Å². The number of allylic oxidation sites excluding steroid dienone is 1. The van der Waals surface area contributed by atoms with E-state index < -0.39 is 0 Å². The minimum absolute atomic E-state index is 0.552. The van der Waals surface area contributed by atoms with Crippen molar-refractivity contribution >= 4 is 28.5 Å². The van der Waals surface area contributed by atoms with Crippen molar-refractivity contribution in [2.45, 2.75) is 6.92 Å². The maximum Gasteiger partial charge on any atom is 0.215 e. The van der Waals surface area contributed by atoms with E-state index in [1.54, 1.807) is 0 Å². The molecule has 1 aliphatic heterocycles. The average Bonchev–Trinajstić information content (AvgIpc) is 2.39. The molecular formula is C14H14BrN3O. The molecule has 0 unspecified atom stereocenters. The van der Waals surface area contributed by atoms with Crippen molar-refractivity contribution in [3.8, 4) is 5.75 Å². The monoisotopic (exact) mass is 319 g/mol. The summed E-state index contributed by atoms with van der Waals surface area (Å²) in [4.78, 5) is 10.1. The molecule has 0 aliphatic carbocycles. The van der Waals surface area contributed by atoms with Crippen molar-refractivity contribution in [1.82, 2.24) is 4.90 Å². The van der Waals surface area contributed by atoms with Crippen LogP contribution in [-0.2, 0) is 0 Å². The van der Waals surface area contributed by atoms with Gasteiger partial charge in [-0.15, -0.1) is 0 Å². The van der Waals surface area contributed by atoms with Crippen LogP contribution in [0.1, 0.15) is 6.92 Å². The largest absolute Gasteiger partial charge is 0.441 e. The van der Waals surface area contributed by atoms with Gasteiger partial charge in [0.2, 0.25) is 5.90 Å². The molecule has 1 aromatic rings. The van der Waals surface area contributed by atoms with Crippen LogP contribution in [0.4, 0.5) is 0 Å². The molecule has 0 amide bonds. The Morgan fingerprint density at radius 2 is 2.21 bits per heavy atom. The van der Waals surface area contributed by atoms with Crippen LogP contribution in [0.15, 0.2) is 63.0 Å². The number of hydrogen-bond donors (Lipinski definition) is 0. The van der Waals surface area contributed by atoms with Gasteiger partial charge in [-0.2, -0.15) is 0 Å². The van der Waals surface area contributed by atoms with Gasteiger partial charge in [-0.05, 0) is 41.7 Å². The Balaban J connectivity index is 2.11. The summed E-state index contributed by atoms with van der Waals surface area (Å²) in [6, 6.07) is 9.58. The second kappa shape index (κ2) is 6.33. The molecule has 5 heteroatoms. The number of benzene rings is 1. The molecule has 0 radical (unpaired) electrons. The number of rotatable bonds is 3. The number of nitrogens with zero attached hydrogens (tertiary/aromatic N) is 3. The van der Waals surface area contributed by atoms with Crippen LogP contribution in [0, 0.1) is 0 Å². The van der Waals surface area contributed by atoms with E-state index in [1.165, 1.54) is 0 Å². The predicted octanol–water partition coefficient (Wildman–Crippen LogP) is 3.54. The second-order valence-corrected chi connectivity index (χ2v) is 4.79. The van der Waals surface area contributed by atoms with Crippen molar-refractivity contribution in [2.24, 2.45) is 9.98 Å². The zero-order chi connectivity index (χ0) is 13.7. The highest BCUT2D eigenvalue weighted by Crippen LogP contribution is 2.18. The Morgan fingerprint density at radius 3 is 2.89 bits per heavy atom. The van der Waals surface area contributed by atoms with E-state index in [2.05, 4.69) is 32.6 Å². The predicted molar refractivity (Wildman–Crippen MR) is 81.5 cm³/mol. The first-order valence-corrected chi connectivity index (χ1v) is 6.55. The molecule has 0 saturated carbocycles. The van der Waals surface area contributed by atoms with Gasteiger partial charge in [0.25, 0.3) is 0 Å². The fraction of sp³-hybridized carbons (Fsp3) is 0.143. The Labute approximate surface area is 120 Å². The molecule has 0 N–H and O–H groups in total. The zero-order valence-electron chi connectivity index (χ0n) is 10.6. The molecule has 1 heterocycles. The quantitative estimate of drug-likeness (QED) is 0.631. The summed E-state index contributed by atoms with van der Waals surface area (Å²) in [6.07, 6.45) is 3.75. The molecule has 19 heavy (non-hydrogen) atoms. The van der Waals surface area contributed by atoms with E-state index in [0.29, 0.717) is 17.0 Å². The van der Waals surface area contributed by atoms with Gasteiger partial charge in [-0.3, -0.25) is 4.99 Å². The minimum atomic E-state index is 0.552. The van der Waals surface area contributed by atoms with Crippen molar-refractivity contribution < 1.29 is 4.74 Å². The Morgan fingerprint density at radius 1 is 1.47 bits per heavy atom. The van der Waals surface area contributed by atoms with Gasteiger partial charge < -0.3 is 9.64 Å². The first kappa shape index (κ1) is 13.5. The summed E-state index contributed by atoms with van der Waals surface area (Å²) >= 11 is 3.37. The standard InChI is InChI=1S/C14H14BrN3O/c1-11(16-2)8-18-9-13(15)17-14(10-18)19-12-6-4-3-5-7-12/h3-9H,2,10H2,1H3/b11-8-. The lowest BCUT2D eigenvalue weighted by Crippen LogP contribution is -2.28. The topological polar surface area (TPSA) is 37.2 Å². The van der Waals surface area contributed by atoms with Gasteiger partial charge in [0.1, 0.15) is 10.4 Å². The third-order valence-corrected chi connectivity index (χ3v) is 2.78. The average molecular weight is 320 g/mol. The number of ether oxygens (including phenoxy) is 1. The molecule has 0 atom stereocenters. The summed E-state index contributed by atoms with van der Waals surface area (Å²) in [5, 5.41) is 0. The molecule has 0 bridgehead atoms. The SMILES string of the molecule is C=N/C(C)=C\N1C=C(Br)N=C(Oc2ccccc2)C1. The lowest BCUT2D eigenvalue weighted by atomic mass is 10.3. The van der Waals surface area contributed by atoms with Gasteiger partial charge in [0.05, 0.1) is 12.2 Å². The fourth-order valence-corrected chi connectivity index (χ4v) is 2.03. The lowest BCUT2D eigenvalue weighted by molar-refractivity contribution is 0.472. The minimum Gasteiger partial charge on any atom is -0.441 e. The second-order valence-electron chi connectivity index (χ2n) is 3.97. The Hall–Kier alpha value is -1.88. The van der Waals surface area contributed by atoms with Crippen molar-refractivity contribution in [3.05, 3.63) is 53.0 Å². The number of para-hydroxylation sites is 1. The van der Waals surface area contributed by atoms with Crippen LogP contribution in [0.2, 0.25) is 0 Å². The molecule has 4 nitrogen and oxygen atoms in total. The van der Waals surface area contributed by atoms with Crippen molar-refractivity contribution in [2.75, 3.05) is 6.54 Å². The summed E-state index contributed by atoms with van der Waals surface area (Å²) in [5.41, 5.74) is 0.831. The van der Waals surface area contributed by atoms with E-state index in [-0.39, 0.29) is 0 Å². The molecule has 0 spiro atoms. The maximum atomic E-state index is 5.73. The van der Waals surface area contributed by atoms with Crippen LogP contribution in [0.25, 0.3) is 0 Å². The van der Waals surface area contributed by atoms with E-state index in [9.17, 15) is 0 Å². The zero-order valence-corrected chi connectivity index (χ0v) is 12.2. The molecule has 1 aliphatic rings. The van der Waals surface area contributed by atoms with Crippen LogP contribution in [0.3, 0.4) is 0 Å². The number of hydrogen-bond acceptors (Lipinski definition) is 4. The van der Waals surface area contributed by atoms with Crippen LogP contribution >= 0.6 is 15.9 Å². The van der Waals surface area contributed by atoms with Crippen LogP contribution in [-0.4, -0.2) is 24.1 Å². The van der Waals surface area contributed by atoms with E-state index in [1.807, 2.05) is 54.6 Å². The highest BCUT2D eigenvalue weighted by Gasteiger charge is 2.13. The van der Waals surface area contributed by atoms with E-state index in [4.69, 9.17) is 4.74 Å². The van der Waals surface area contributed by atoms with Crippen molar-refractivity contribution in [1.29, 1.82) is 0 Å². The van der Waals surface area contributed by atoms with Crippen LogP contribution in [0.5, 0.6) is 5.75 Å². The van der Waals surface area contributed by atoms with E-state index in [0.717, 1.165) is 11.4 Å². The molecule has 2 rings (SSSR count). The Bertz CT molecular complexity index is 549. The third-order valence-electron chi connectivity index (χ3n) is 2.40. The molecule has 98 valence electrons. The van der Waals surface area contributed by atoms with Crippen molar-refractivity contribution in [3.63, 3.8) is 0 Å². The summed E-state index contributed by atoms with van der Waals surface area (Å²) in [6.45, 7) is 5.93. The number of halogens is 1. The lowest BCUT2D eigenvalue weighted by Gasteiger charge is -2.21. The highest BCUT2D eigenvalue weighted by atomic mass is 79.9.